The molecule has 2 aromatic heterocycles. The summed E-state index contributed by atoms with van der Waals surface area (Å²) in [5.74, 6) is -0.996. The van der Waals surface area contributed by atoms with E-state index in [1.807, 2.05) is 39.0 Å². The van der Waals surface area contributed by atoms with Crippen LogP contribution in [0, 0.1) is 6.92 Å². The van der Waals surface area contributed by atoms with Crippen molar-refractivity contribution >= 4 is 51.9 Å². The van der Waals surface area contributed by atoms with Gasteiger partial charge in [-0.25, -0.2) is 0 Å². The van der Waals surface area contributed by atoms with Crippen LogP contribution < -0.4 is 10.3 Å². The Balaban J connectivity index is 1.88. The van der Waals surface area contributed by atoms with Crippen LogP contribution in [0.15, 0.2) is 52.3 Å². The number of aryl methyl sites for hydroxylation is 1. The number of thiocarbonyl (C=S) groups is 1. The summed E-state index contributed by atoms with van der Waals surface area (Å²) in [5, 5.41) is 9.08. The summed E-state index contributed by atoms with van der Waals surface area (Å²) in [7, 11) is 0. The molecule has 3 heterocycles. The van der Waals surface area contributed by atoms with E-state index in [-0.39, 0.29) is 26.6 Å². The number of carboxylic acid groups (broad SMARTS) is 1. The molecule has 0 aliphatic carbocycles. The first kappa shape index (κ1) is 23.7. The maximum absolute atomic E-state index is 13.4. The maximum Gasteiger partial charge on any atom is 0.323 e. The van der Waals surface area contributed by atoms with Crippen molar-refractivity contribution in [2.75, 3.05) is 6.54 Å². The highest BCUT2D eigenvalue weighted by molar-refractivity contribution is 8.26. The summed E-state index contributed by atoms with van der Waals surface area (Å²) < 4.78 is 7.67. The lowest BCUT2D eigenvalue weighted by Crippen LogP contribution is -2.33. The summed E-state index contributed by atoms with van der Waals surface area (Å²) in [6.07, 6.45) is 2.95. The average molecular weight is 496 g/mol. The minimum absolute atomic E-state index is 0.0483. The molecule has 3 aromatic rings. The predicted molar refractivity (Wildman–Crippen MR) is 134 cm³/mol. The van der Waals surface area contributed by atoms with Crippen molar-refractivity contribution < 1.29 is 19.4 Å². The van der Waals surface area contributed by atoms with E-state index in [1.54, 1.807) is 24.4 Å². The molecule has 0 radical (unpaired) electrons. The van der Waals surface area contributed by atoms with Gasteiger partial charge in [0.1, 0.15) is 27.8 Å². The van der Waals surface area contributed by atoms with Crippen molar-refractivity contribution in [3.05, 3.63) is 74.5 Å². The fraction of sp³-hybridized carbons (Fsp3) is 0.208. The van der Waals surface area contributed by atoms with Gasteiger partial charge in [0.25, 0.3) is 11.5 Å². The standard InChI is InChI=1S/C24H21N3O5S2/c1-13(2)15-8-7-14(3)10-17(15)32-21-16(22(30)26-9-5-4-6-19(26)25-21)11-18-23(31)27(12-20(28)29)24(33)34-18/h4-11,13H,12H2,1-3H3,(H,28,29)/b18-11+. The van der Waals surface area contributed by atoms with Gasteiger partial charge in [-0.3, -0.25) is 23.7 Å². The number of pyridine rings is 1. The molecule has 0 saturated carbocycles. The number of ether oxygens (including phenoxy) is 1. The third-order valence-electron chi connectivity index (χ3n) is 5.17. The number of aliphatic carboxylic acids is 1. The Labute approximate surface area is 204 Å². The Bertz CT molecular complexity index is 1430. The normalized spacial score (nSPS) is 15.1. The van der Waals surface area contributed by atoms with Gasteiger partial charge in [0.15, 0.2) is 0 Å². The van der Waals surface area contributed by atoms with Crippen LogP contribution >= 0.6 is 24.0 Å². The maximum atomic E-state index is 13.4. The Morgan fingerprint density at radius 1 is 1.26 bits per heavy atom. The first-order valence-electron chi connectivity index (χ1n) is 10.4. The molecule has 1 amide bonds. The average Bonchev–Trinajstić information content (AvgIpc) is 3.03. The third kappa shape index (κ3) is 4.59. The number of carbonyl (C=O) groups is 2. The molecule has 1 aliphatic heterocycles. The minimum Gasteiger partial charge on any atom is -0.480 e. The number of benzene rings is 1. The molecule has 0 spiro atoms. The van der Waals surface area contributed by atoms with Gasteiger partial charge in [0.05, 0.1) is 4.91 Å². The van der Waals surface area contributed by atoms with Gasteiger partial charge in [-0.2, -0.15) is 4.98 Å². The zero-order valence-corrected chi connectivity index (χ0v) is 20.3. The molecule has 34 heavy (non-hydrogen) atoms. The van der Waals surface area contributed by atoms with Crippen LogP contribution in [-0.4, -0.2) is 42.1 Å². The van der Waals surface area contributed by atoms with E-state index in [9.17, 15) is 14.4 Å². The molecule has 10 heteroatoms. The van der Waals surface area contributed by atoms with Crippen LogP contribution in [0.2, 0.25) is 0 Å². The highest BCUT2D eigenvalue weighted by atomic mass is 32.2. The molecule has 4 rings (SSSR count). The number of fused-ring (bicyclic) bond motifs is 1. The molecule has 8 nitrogen and oxygen atoms in total. The number of hydrogen-bond acceptors (Lipinski definition) is 7. The van der Waals surface area contributed by atoms with Gasteiger partial charge in [-0.1, -0.05) is 56.0 Å². The topological polar surface area (TPSA) is 101 Å². The van der Waals surface area contributed by atoms with Crippen LogP contribution in [0.5, 0.6) is 11.6 Å². The molecule has 1 aromatic carbocycles. The van der Waals surface area contributed by atoms with E-state index >= 15 is 0 Å². The number of carbonyl (C=O) groups excluding carboxylic acids is 1. The molecule has 0 unspecified atom stereocenters. The van der Waals surface area contributed by atoms with Crippen molar-refractivity contribution in [3.8, 4) is 11.6 Å². The number of aromatic nitrogens is 2. The van der Waals surface area contributed by atoms with Crippen LogP contribution in [0.1, 0.15) is 36.5 Å². The summed E-state index contributed by atoms with van der Waals surface area (Å²) >= 11 is 6.10. The summed E-state index contributed by atoms with van der Waals surface area (Å²) in [6.45, 7) is 5.46. The van der Waals surface area contributed by atoms with Crippen LogP contribution in [0.25, 0.3) is 11.7 Å². The summed E-state index contributed by atoms with van der Waals surface area (Å²) in [5.41, 5.74) is 1.95. The second-order valence-electron chi connectivity index (χ2n) is 8.02. The van der Waals surface area contributed by atoms with Crippen LogP contribution in [-0.2, 0) is 9.59 Å². The number of amides is 1. The van der Waals surface area contributed by atoms with E-state index in [1.165, 1.54) is 10.5 Å². The quantitative estimate of drug-likeness (QED) is 0.401. The zero-order chi connectivity index (χ0) is 24.6. The van der Waals surface area contributed by atoms with Crippen molar-refractivity contribution in [1.82, 2.24) is 14.3 Å². The van der Waals surface area contributed by atoms with E-state index in [0.29, 0.717) is 11.4 Å². The Morgan fingerprint density at radius 3 is 2.74 bits per heavy atom. The first-order valence-corrected chi connectivity index (χ1v) is 11.6. The van der Waals surface area contributed by atoms with Gasteiger partial charge in [0.2, 0.25) is 5.88 Å². The number of nitrogens with zero attached hydrogens (tertiary/aromatic N) is 3. The lowest BCUT2D eigenvalue weighted by atomic mass is 10.0. The molecule has 174 valence electrons. The van der Waals surface area contributed by atoms with Gasteiger partial charge in [-0.15, -0.1) is 0 Å². The number of hydrogen-bond donors (Lipinski definition) is 1. The molecule has 1 aliphatic rings. The minimum atomic E-state index is -1.19. The number of rotatable bonds is 6. The van der Waals surface area contributed by atoms with Crippen LogP contribution in [0.4, 0.5) is 0 Å². The van der Waals surface area contributed by atoms with Crippen molar-refractivity contribution in [1.29, 1.82) is 0 Å². The summed E-state index contributed by atoms with van der Waals surface area (Å²) in [6, 6.07) is 11.0. The molecule has 1 saturated heterocycles. The monoisotopic (exact) mass is 495 g/mol. The van der Waals surface area contributed by atoms with E-state index < -0.39 is 24.0 Å². The van der Waals surface area contributed by atoms with Gasteiger partial charge in [-0.05, 0) is 48.2 Å². The Morgan fingerprint density at radius 2 is 2.03 bits per heavy atom. The van der Waals surface area contributed by atoms with Crippen molar-refractivity contribution in [2.45, 2.75) is 26.7 Å². The van der Waals surface area contributed by atoms with Crippen molar-refractivity contribution in [3.63, 3.8) is 0 Å². The first-order chi connectivity index (χ1) is 16.2. The fourth-order valence-corrected chi connectivity index (χ4v) is 4.73. The van der Waals surface area contributed by atoms with Gasteiger partial charge < -0.3 is 9.84 Å². The van der Waals surface area contributed by atoms with Gasteiger partial charge >= 0.3 is 5.97 Å². The fourth-order valence-electron chi connectivity index (χ4n) is 3.50. The van der Waals surface area contributed by atoms with E-state index in [2.05, 4.69) is 4.98 Å². The highest BCUT2D eigenvalue weighted by Crippen LogP contribution is 2.35. The smallest absolute Gasteiger partial charge is 0.323 e. The van der Waals surface area contributed by atoms with E-state index in [4.69, 9.17) is 22.1 Å². The molecular formula is C24H21N3O5S2. The Hall–Kier alpha value is -3.50. The molecule has 0 atom stereocenters. The predicted octanol–water partition coefficient (Wildman–Crippen LogP) is 4.20. The summed E-state index contributed by atoms with van der Waals surface area (Å²) in [4.78, 5) is 43.0. The highest BCUT2D eigenvalue weighted by Gasteiger charge is 2.34. The number of carboxylic acids is 1. The third-order valence-corrected chi connectivity index (χ3v) is 6.55. The zero-order valence-electron chi connectivity index (χ0n) is 18.6. The lowest BCUT2D eigenvalue weighted by molar-refractivity contribution is -0.140. The van der Waals surface area contributed by atoms with Crippen molar-refractivity contribution in [2.24, 2.45) is 0 Å². The SMILES string of the molecule is Cc1ccc(C(C)C)c(Oc2nc3ccccn3c(=O)c2/C=C2/SC(=S)N(CC(=O)O)C2=O)c1. The number of thioether (sulfide) groups is 1. The van der Waals surface area contributed by atoms with Gasteiger partial charge in [0, 0.05) is 6.20 Å². The second-order valence-corrected chi connectivity index (χ2v) is 9.70. The molecule has 1 N–H and O–H groups in total. The Kier molecular flexibility index (Phi) is 6.54. The van der Waals surface area contributed by atoms with Crippen LogP contribution in [0.3, 0.4) is 0 Å². The molecule has 0 bridgehead atoms. The molecule has 1 fully saturated rings. The largest absolute Gasteiger partial charge is 0.480 e. The molecular weight excluding hydrogens is 474 g/mol. The van der Waals surface area contributed by atoms with E-state index in [0.717, 1.165) is 27.8 Å². The lowest BCUT2D eigenvalue weighted by Gasteiger charge is -2.16. The second kappa shape index (κ2) is 9.40.